The Hall–Kier alpha value is -2.39. The zero-order valence-electron chi connectivity index (χ0n) is 11.1. The van der Waals surface area contributed by atoms with Gasteiger partial charge in [-0.25, -0.2) is 0 Å². The molecular weight excluding hydrogens is 256 g/mol. The number of hydrogen-bond acceptors (Lipinski definition) is 5. The molecule has 2 rings (SSSR count). The van der Waals surface area contributed by atoms with Crippen LogP contribution >= 0.6 is 0 Å². The first-order valence-corrected chi connectivity index (χ1v) is 6.41. The van der Waals surface area contributed by atoms with E-state index >= 15 is 0 Å². The fourth-order valence-electron chi connectivity index (χ4n) is 1.85. The summed E-state index contributed by atoms with van der Waals surface area (Å²) in [6, 6.07) is 5.69. The lowest BCUT2D eigenvalue weighted by Crippen LogP contribution is -2.41. The van der Waals surface area contributed by atoms with Crippen LogP contribution in [0.25, 0.3) is 0 Å². The number of ether oxygens (including phenoxy) is 1. The summed E-state index contributed by atoms with van der Waals surface area (Å²) in [6.45, 7) is 2.62. The molecule has 1 aromatic heterocycles. The molecule has 0 radical (unpaired) electrons. The molecule has 0 aromatic carbocycles. The number of aromatic nitrogens is 1. The van der Waals surface area contributed by atoms with E-state index in [1.165, 1.54) is 6.20 Å². The number of morpholine rings is 1. The van der Waals surface area contributed by atoms with Crippen LogP contribution in [0.3, 0.4) is 0 Å². The maximum absolute atomic E-state index is 12.1. The molecule has 6 nitrogen and oxygen atoms in total. The lowest BCUT2D eigenvalue weighted by atomic mass is 10.2. The highest BCUT2D eigenvalue weighted by Crippen LogP contribution is 2.04. The maximum Gasteiger partial charge on any atom is 0.266 e. The maximum atomic E-state index is 12.1. The molecule has 0 bridgehead atoms. The Morgan fingerprint density at radius 1 is 1.55 bits per heavy atom. The minimum atomic E-state index is -0.255. The highest BCUT2D eigenvalue weighted by Gasteiger charge is 2.20. The third kappa shape index (κ3) is 3.80. The fraction of sp³-hybridized carbons (Fsp3) is 0.357. The van der Waals surface area contributed by atoms with Gasteiger partial charge in [-0.2, -0.15) is 5.26 Å². The topological polar surface area (TPSA) is 78.2 Å². The molecule has 0 spiro atoms. The quantitative estimate of drug-likeness (QED) is 0.635. The normalized spacial score (nSPS) is 15.6. The molecule has 1 saturated heterocycles. The Morgan fingerprint density at radius 3 is 3.00 bits per heavy atom. The minimum absolute atomic E-state index is 0.107. The third-order valence-corrected chi connectivity index (χ3v) is 2.92. The molecule has 1 N–H and O–H groups in total. The number of carbonyl (C=O) groups is 1. The molecule has 6 heteroatoms. The predicted molar refractivity (Wildman–Crippen MR) is 72.2 cm³/mol. The Balaban J connectivity index is 1.92. The van der Waals surface area contributed by atoms with Gasteiger partial charge in [0.1, 0.15) is 11.6 Å². The Bertz CT molecular complexity index is 516. The SMILES string of the molecule is N#C/C(=C/NCc1cccnc1)C(=O)N1CCOCC1. The summed E-state index contributed by atoms with van der Waals surface area (Å²) in [7, 11) is 0. The van der Waals surface area contributed by atoms with Gasteiger partial charge in [0.15, 0.2) is 0 Å². The second kappa shape index (κ2) is 7.26. The van der Waals surface area contributed by atoms with E-state index in [1.807, 2.05) is 18.2 Å². The largest absolute Gasteiger partial charge is 0.386 e. The second-order valence-corrected chi connectivity index (χ2v) is 4.32. The number of pyridine rings is 1. The van der Waals surface area contributed by atoms with E-state index in [4.69, 9.17) is 10.00 Å². The Kier molecular flexibility index (Phi) is 5.09. The van der Waals surface area contributed by atoms with E-state index < -0.39 is 0 Å². The monoisotopic (exact) mass is 272 g/mol. The van der Waals surface area contributed by atoms with Gasteiger partial charge in [0.25, 0.3) is 5.91 Å². The molecule has 1 fully saturated rings. The molecule has 0 atom stereocenters. The molecule has 1 aromatic rings. The van der Waals surface area contributed by atoms with Crippen molar-refractivity contribution in [3.63, 3.8) is 0 Å². The van der Waals surface area contributed by atoms with E-state index in [2.05, 4.69) is 10.3 Å². The van der Waals surface area contributed by atoms with E-state index in [0.717, 1.165) is 5.56 Å². The molecule has 1 aliphatic rings. The highest BCUT2D eigenvalue weighted by molar-refractivity contribution is 5.97. The molecule has 0 saturated carbocycles. The molecule has 0 unspecified atom stereocenters. The van der Waals surface area contributed by atoms with Gasteiger partial charge in [-0.3, -0.25) is 9.78 Å². The molecule has 2 heterocycles. The first kappa shape index (κ1) is 14.0. The summed E-state index contributed by atoms with van der Waals surface area (Å²) in [6.07, 6.45) is 4.89. The van der Waals surface area contributed by atoms with E-state index in [1.54, 1.807) is 17.3 Å². The van der Waals surface area contributed by atoms with Crippen LogP contribution < -0.4 is 5.32 Å². The number of nitriles is 1. The predicted octanol–water partition coefficient (Wildman–Crippen LogP) is 0.437. The molecule has 104 valence electrons. The average molecular weight is 272 g/mol. The van der Waals surface area contributed by atoms with Crippen molar-refractivity contribution in [3.8, 4) is 6.07 Å². The van der Waals surface area contributed by atoms with Gasteiger partial charge in [-0.05, 0) is 11.6 Å². The zero-order valence-corrected chi connectivity index (χ0v) is 11.1. The van der Waals surface area contributed by atoms with Gasteiger partial charge >= 0.3 is 0 Å². The van der Waals surface area contributed by atoms with E-state index in [9.17, 15) is 4.79 Å². The number of amides is 1. The van der Waals surface area contributed by atoms with Gasteiger partial charge in [0.2, 0.25) is 0 Å². The van der Waals surface area contributed by atoms with E-state index in [0.29, 0.717) is 32.8 Å². The van der Waals surface area contributed by atoms with Gasteiger partial charge in [0, 0.05) is 38.2 Å². The second-order valence-electron chi connectivity index (χ2n) is 4.32. The minimum Gasteiger partial charge on any atom is -0.386 e. The van der Waals surface area contributed by atoms with Crippen LogP contribution in [0, 0.1) is 11.3 Å². The molecular formula is C14H16N4O2. The summed E-state index contributed by atoms with van der Waals surface area (Å²) >= 11 is 0. The van der Waals surface area contributed by atoms with Gasteiger partial charge in [-0.1, -0.05) is 6.07 Å². The number of carbonyl (C=O) groups excluding carboxylic acids is 1. The average Bonchev–Trinajstić information content (AvgIpc) is 2.53. The first-order chi connectivity index (χ1) is 9.81. The van der Waals surface area contributed by atoms with Crippen molar-refractivity contribution in [1.82, 2.24) is 15.2 Å². The van der Waals surface area contributed by atoms with E-state index in [-0.39, 0.29) is 11.5 Å². The molecule has 20 heavy (non-hydrogen) atoms. The standard InChI is InChI=1S/C14H16N4O2/c15-8-13(14(19)18-4-6-20-7-5-18)11-17-10-12-2-1-3-16-9-12/h1-3,9,11,17H,4-7,10H2/b13-11-. The van der Waals surface area contributed by atoms with Crippen LogP contribution in [-0.4, -0.2) is 42.1 Å². The van der Waals surface area contributed by atoms with Crippen LogP contribution in [-0.2, 0) is 16.1 Å². The van der Waals surface area contributed by atoms with Crippen LogP contribution in [0.15, 0.2) is 36.3 Å². The van der Waals surface area contributed by atoms with Crippen LogP contribution in [0.2, 0.25) is 0 Å². The van der Waals surface area contributed by atoms with Gasteiger partial charge in [0.05, 0.1) is 13.2 Å². The number of nitrogens with one attached hydrogen (secondary N) is 1. The smallest absolute Gasteiger partial charge is 0.266 e. The summed E-state index contributed by atoms with van der Waals surface area (Å²) in [5, 5.41) is 12.0. The number of rotatable bonds is 4. The molecule has 1 amide bonds. The van der Waals surface area contributed by atoms with Crippen molar-refractivity contribution in [2.24, 2.45) is 0 Å². The highest BCUT2D eigenvalue weighted by atomic mass is 16.5. The van der Waals surface area contributed by atoms with Crippen molar-refractivity contribution in [2.75, 3.05) is 26.3 Å². The number of hydrogen-bond donors (Lipinski definition) is 1. The summed E-state index contributed by atoms with van der Waals surface area (Å²) in [4.78, 5) is 17.7. The van der Waals surface area contributed by atoms with Crippen molar-refractivity contribution in [1.29, 1.82) is 5.26 Å². The Labute approximate surface area is 117 Å². The van der Waals surface area contributed by atoms with Crippen LogP contribution in [0.4, 0.5) is 0 Å². The lowest BCUT2D eigenvalue weighted by Gasteiger charge is -2.26. The van der Waals surface area contributed by atoms with Crippen LogP contribution in [0.5, 0.6) is 0 Å². The van der Waals surface area contributed by atoms with Crippen molar-refractivity contribution >= 4 is 5.91 Å². The first-order valence-electron chi connectivity index (χ1n) is 6.41. The van der Waals surface area contributed by atoms with Crippen LogP contribution in [0.1, 0.15) is 5.56 Å². The zero-order chi connectivity index (χ0) is 14.2. The van der Waals surface area contributed by atoms with Crippen molar-refractivity contribution in [2.45, 2.75) is 6.54 Å². The summed E-state index contributed by atoms with van der Waals surface area (Å²) < 4.78 is 5.18. The van der Waals surface area contributed by atoms with Gasteiger partial charge < -0.3 is 15.0 Å². The summed E-state index contributed by atoms with van der Waals surface area (Å²) in [5.41, 5.74) is 1.09. The molecule has 0 aliphatic carbocycles. The van der Waals surface area contributed by atoms with Crippen molar-refractivity contribution in [3.05, 3.63) is 41.9 Å². The summed E-state index contributed by atoms with van der Waals surface area (Å²) in [5.74, 6) is -0.255. The number of nitrogens with zero attached hydrogens (tertiary/aromatic N) is 3. The lowest BCUT2D eigenvalue weighted by molar-refractivity contribution is -0.130. The molecule has 1 aliphatic heterocycles. The Morgan fingerprint density at radius 2 is 2.35 bits per heavy atom. The van der Waals surface area contributed by atoms with Gasteiger partial charge in [-0.15, -0.1) is 0 Å². The fourth-order valence-corrected chi connectivity index (χ4v) is 1.85. The third-order valence-electron chi connectivity index (χ3n) is 2.92. The van der Waals surface area contributed by atoms with Crippen molar-refractivity contribution < 1.29 is 9.53 Å².